The number of carbonyl (C=O) groups excluding carboxylic acids is 1. The normalized spacial score (nSPS) is 10.6. The lowest BCUT2D eigenvalue weighted by Crippen LogP contribution is -2.18. The largest absolute Gasteiger partial charge is 0.493 e. The van der Waals surface area contributed by atoms with E-state index in [0.717, 1.165) is 10.2 Å². The van der Waals surface area contributed by atoms with Crippen molar-refractivity contribution in [1.82, 2.24) is 19.7 Å². The lowest BCUT2D eigenvalue weighted by atomic mass is 10.1. The van der Waals surface area contributed by atoms with E-state index in [2.05, 4.69) is 20.4 Å². The third-order valence-electron chi connectivity index (χ3n) is 4.99. The quantitative estimate of drug-likeness (QED) is 0.421. The lowest BCUT2D eigenvalue weighted by molar-refractivity contribution is 0.0946. The highest BCUT2D eigenvalue weighted by Crippen LogP contribution is 2.38. The Morgan fingerprint density at radius 1 is 1.03 bits per heavy atom. The Morgan fingerprint density at radius 3 is 2.32 bits per heavy atom. The molecule has 0 atom stereocenters. The summed E-state index contributed by atoms with van der Waals surface area (Å²) in [6.45, 7) is 0.300. The fourth-order valence-corrected chi connectivity index (χ4v) is 3.30. The van der Waals surface area contributed by atoms with E-state index < -0.39 is 5.91 Å². The van der Waals surface area contributed by atoms with Crippen LogP contribution in [0.1, 0.15) is 15.9 Å². The van der Waals surface area contributed by atoms with Crippen LogP contribution in [-0.4, -0.2) is 47.0 Å². The van der Waals surface area contributed by atoms with Gasteiger partial charge in [0.2, 0.25) is 11.7 Å². The van der Waals surface area contributed by atoms with Crippen molar-refractivity contribution in [1.29, 1.82) is 0 Å². The van der Waals surface area contributed by atoms with E-state index in [1.54, 1.807) is 48.8 Å². The predicted octanol–water partition coefficient (Wildman–Crippen LogP) is 3.81. The first-order valence-corrected chi connectivity index (χ1v) is 10.2. The average Bonchev–Trinajstić information content (AvgIpc) is 3.31. The summed E-state index contributed by atoms with van der Waals surface area (Å²) in [4.78, 5) is 22.1. The van der Waals surface area contributed by atoms with E-state index in [1.165, 1.54) is 33.5 Å². The van der Waals surface area contributed by atoms with Crippen LogP contribution in [-0.2, 0) is 6.54 Å². The second-order valence-electron chi connectivity index (χ2n) is 7.11. The molecule has 4 aromatic rings. The molecule has 0 bridgehead atoms. The van der Waals surface area contributed by atoms with Crippen LogP contribution in [0.15, 0.2) is 60.9 Å². The number of benzene rings is 2. The standard InChI is InChI=1S/C24H22FN5O4/c1-32-19-11-17(12-20(33-2)21(19)34-3)23(31)30-24(27-13-15-6-8-18(25)9-7-15)28-22(29-30)16-5-4-10-26-14-16/h4-12,14H,13H2,1-3H3,(H,27,28,29). The smallest absolute Gasteiger partial charge is 0.281 e. The van der Waals surface area contributed by atoms with Gasteiger partial charge in [0, 0.05) is 30.1 Å². The Labute approximate surface area is 195 Å². The Kier molecular flexibility index (Phi) is 6.67. The molecule has 2 aromatic heterocycles. The second kappa shape index (κ2) is 9.99. The monoisotopic (exact) mass is 463 g/mol. The van der Waals surface area contributed by atoms with Gasteiger partial charge in [-0.3, -0.25) is 9.78 Å². The highest BCUT2D eigenvalue weighted by molar-refractivity contribution is 5.98. The zero-order valence-corrected chi connectivity index (χ0v) is 18.8. The zero-order valence-electron chi connectivity index (χ0n) is 18.8. The summed E-state index contributed by atoms with van der Waals surface area (Å²) in [5.74, 6) is 0.757. The summed E-state index contributed by atoms with van der Waals surface area (Å²) in [6.07, 6.45) is 3.24. The van der Waals surface area contributed by atoms with Gasteiger partial charge >= 0.3 is 0 Å². The van der Waals surface area contributed by atoms with Crippen LogP contribution < -0.4 is 19.5 Å². The van der Waals surface area contributed by atoms with Crippen molar-refractivity contribution in [3.05, 3.63) is 77.9 Å². The van der Waals surface area contributed by atoms with Crippen LogP contribution in [0.25, 0.3) is 11.4 Å². The number of hydrogen-bond donors (Lipinski definition) is 1. The number of anilines is 1. The van der Waals surface area contributed by atoms with Crippen molar-refractivity contribution in [3.8, 4) is 28.6 Å². The maximum atomic E-state index is 13.5. The molecule has 0 saturated heterocycles. The molecule has 0 unspecified atom stereocenters. The fraction of sp³-hybridized carbons (Fsp3) is 0.167. The number of ether oxygens (including phenoxy) is 3. The number of rotatable bonds is 8. The van der Waals surface area contributed by atoms with Crippen LogP contribution in [0.4, 0.5) is 10.3 Å². The molecule has 4 rings (SSSR count). The molecule has 10 heteroatoms. The Morgan fingerprint density at radius 2 is 1.74 bits per heavy atom. The van der Waals surface area contributed by atoms with Crippen molar-refractivity contribution in [3.63, 3.8) is 0 Å². The van der Waals surface area contributed by atoms with E-state index in [-0.39, 0.29) is 17.3 Å². The SMILES string of the molecule is COc1cc(C(=O)n2nc(-c3cccnc3)nc2NCc2ccc(F)cc2)cc(OC)c1OC. The topological polar surface area (TPSA) is 100 Å². The molecular weight excluding hydrogens is 441 g/mol. The summed E-state index contributed by atoms with van der Waals surface area (Å²) in [6, 6.07) is 12.6. The number of nitrogens with zero attached hydrogens (tertiary/aromatic N) is 4. The van der Waals surface area contributed by atoms with Gasteiger partial charge in [-0.1, -0.05) is 12.1 Å². The van der Waals surface area contributed by atoms with Gasteiger partial charge in [0.05, 0.1) is 21.3 Å². The van der Waals surface area contributed by atoms with Gasteiger partial charge in [-0.2, -0.15) is 9.67 Å². The molecule has 0 radical (unpaired) electrons. The number of halogens is 1. The van der Waals surface area contributed by atoms with E-state index in [9.17, 15) is 9.18 Å². The van der Waals surface area contributed by atoms with Gasteiger partial charge in [-0.05, 0) is 42.0 Å². The number of pyridine rings is 1. The van der Waals surface area contributed by atoms with Crippen molar-refractivity contribution >= 4 is 11.9 Å². The average molecular weight is 463 g/mol. The fourth-order valence-electron chi connectivity index (χ4n) is 3.30. The third-order valence-corrected chi connectivity index (χ3v) is 4.99. The van der Waals surface area contributed by atoms with Crippen LogP contribution >= 0.6 is 0 Å². The predicted molar refractivity (Wildman–Crippen MR) is 123 cm³/mol. The van der Waals surface area contributed by atoms with Crippen molar-refractivity contribution < 1.29 is 23.4 Å². The van der Waals surface area contributed by atoms with Crippen molar-refractivity contribution in [2.75, 3.05) is 26.6 Å². The molecule has 0 aliphatic rings. The Balaban J connectivity index is 1.74. The van der Waals surface area contributed by atoms with Gasteiger partial charge in [-0.25, -0.2) is 4.39 Å². The molecule has 0 aliphatic heterocycles. The van der Waals surface area contributed by atoms with E-state index in [0.29, 0.717) is 35.2 Å². The lowest BCUT2D eigenvalue weighted by Gasteiger charge is -2.14. The number of methoxy groups -OCH3 is 3. The Hall–Kier alpha value is -4.47. The van der Waals surface area contributed by atoms with Crippen LogP contribution in [0.2, 0.25) is 0 Å². The molecule has 34 heavy (non-hydrogen) atoms. The second-order valence-corrected chi connectivity index (χ2v) is 7.11. The highest BCUT2D eigenvalue weighted by atomic mass is 19.1. The van der Waals surface area contributed by atoms with Gasteiger partial charge in [-0.15, -0.1) is 5.10 Å². The number of aromatic nitrogens is 4. The highest BCUT2D eigenvalue weighted by Gasteiger charge is 2.22. The summed E-state index contributed by atoms with van der Waals surface area (Å²) >= 11 is 0. The molecule has 174 valence electrons. The first kappa shape index (κ1) is 22.7. The molecule has 0 saturated carbocycles. The van der Waals surface area contributed by atoms with Crippen LogP contribution in [0.5, 0.6) is 17.2 Å². The molecule has 0 spiro atoms. The minimum Gasteiger partial charge on any atom is -0.493 e. The van der Waals surface area contributed by atoms with E-state index in [4.69, 9.17) is 14.2 Å². The summed E-state index contributed by atoms with van der Waals surface area (Å²) < 4.78 is 30.5. The first-order chi connectivity index (χ1) is 16.5. The van der Waals surface area contributed by atoms with E-state index in [1.807, 2.05) is 0 Å². The molecule has 9 nitrogen and oxygen atoms in total. The van der Waals surface area contributed by atoms with Gasteiger partial charge in [0.15, 0.2) is 17.3 Å². The van der Waals surface area contributed by atoms with E-state index >= 15 is 0 Å². The summed E-state index contributed by atoms with van der Waals surface area (Å²) in [5.41, 5.74) is 1.70. The van der Waals surface area contributed by atoms with Gasteiger partial charge in [0.25, 0.3) is 5.91 Å². The zero-order chi connectivity index (χ0) is 24.1. The van der Waals surface area contributed by atoms with Gasteiger partial charge < -0.3 is 19.5 Å². The summed E-state index contributed by atoms with van der Waals surface area (Å²) in [7, 11) is 4.42. The third kappa shape index (κ3) is 4.65. The molecule has 0 fully saturated rings. The van der Waals surface area contributed by atoms with Gasteiger partial charge in [0.1, 0.15) is 5.82 Å². The minimum absolute atomic E-state index is 0.210. The molecule has 2 aromatic carbocycles. The number of carbonyl (C=O) groups is 1. The molecular formula is C24H22FN5O4. The minimum atomic E-state index is -0.469. The molecule has 0 aliphatic carbocycles. The molecule has 2 heterocycles. The molecule has 0 amide bonds. The van der Waals surface area contributed by atoms with Crippen molar-refractivity contribution in [2.45, 2.75) is 6.54 Å². The van der Waals surface area contributed by atoms with Crippen LogP contribution in [0, 0.1) is 5.82 Å². The van der Waals surface area contributed by atoms with Crippen LogP contribution in [0.3, 0.4) is 0 Å². The first-order valence-electron chi connectivity index (χ1n) is 10.2. The summed E-state index contributed by atoms with van der Waals surface area (Å²) in [5, 5.41) is 7.53. The number of nitrogens with one attached hydrogen (secondary N) is 1. The molecule has 1 N–H and O–H groups in total. The number of hydrogen-bond acceptors (Lipinski definition) is 8. The Bertz CT molecular complexity index is 1270. The maximum Gasteiger partial charge on any atom is 0.281 e. The maximum absolute atomic E-state index is 13.5. The van der Waals surface area contributed by atoms with Crippen molar-refractivity contribution in [2.24, 2.45) is 0 Å².